The molecule has 0 atom stereocenters. The summed E-state index contributed by atoms with van der Waals surface area (Å²) in [7, 11) is 1.87. The van der Waals surface area contributed by atoms with Crippen LogP contribution in [0, 0.1) is 0 Å². The fourth-order valence-corrected chi connectivity index (χ4v) is 2.02. The molecule has 0 spiro atoms. The van der Waals surface area contributed by atoms with Gasteiger partial charge in [-0.2, -0.15) is 0 Å². The van der Waals surface area contributed by atoms with Gasteiger partial charge in [-0.25, -0.2) is 4.79 Å². The molecule has 1 aromatic heterocycles. The molecule has 94 valence electrons. The second kappa shape index (κ2) is 5.00. The molecule has 1 N–H and O–H groups in total. The molecule has 0 radical (unpaired) electrons. The van der Waals surface area contributed by atoms with Gasteiger partial charge in [0, 0.05) is 19.0 Å². The van der Waals surface area contributed by atoms with Crippen LogP contribution in [0.25, 0.3) is 10.9 Å². The molecule has 2 rings (SSSR count). The maximum absolute atomic E-state index is 11.2. The highest BCUT2D eigenvalue weighted by atomic mass is 16.4. The van der Waals surface area contributed by atoms with Crippen LogP contribution >= 0.6 is 0 Å². The topological polar surface area (TPSA) is 66.3 Å². The van der Waals surface area contributed by atoms with Gasteiger partial charge >= 0.3 is 5.97 Å². The van der Waals surface area contributed by atoms with Crippen molar-refractivity contribution in [2.75, 3.05) is 18.5 Å². The lowest BCUT2D eigenvalue weighted by Crippen LogP contribution is -2.22. The molecule has 1 aromatic carbocycles. The van der Waals surface area contributed by atoms with Gasteiger partial charge in [-0.15, -0.1) is 10.2 Å². The van der Waals surface area contributed by atoms with Crippen molar-refractivity contribution in [1.29, 1.82) is 0 Å². The highest BCUT2D eigenvalue weighted by Gasteiger charge is 2.19. The van der Waals surface area contributed by atoms with Crippen LogP contribution in [-0.2, 0) is 0 Å². The number of hydrogen-bond donors (Lipinski definition) is 1. The average Bonchev–Trinajstić information content (AvgIpc) is 2.37. The third kappa shape index (κ3) is 2.11. The van der Waals surface area contributed by atoms with Crippen molar-refractivity contribution in [2.45, 2.75) is 13.3 Å². The number of aromatic carboxylic acids is 1. The smallest absolute Gasteiger partial charge is 0.358 e. The van der Waals surface area contributed by atoms with Crippen molar-refractivity contribution in [1.82, 2.24) is 10.2 Å². The van der Waals surface area contributed by atoms with E-state index in [9.17, 15) is 9.90 Å². The zero-order chi connectivity index (χ0) is 13.1. The molecule has 0 aliphatic rings. The van der Waals surface area contributed by atoms with Crippen molar-refractivity contribution in [3.63, 3.8) is 0 Å². The van der Waals surface area contributed by atoms with Crippen LogP contribution in [0.3, 0.4) is 0 Å². The predicted molar refractivity (Wildman–Crippen MR) is 70.1 cm³/mol. The molecule has 18 heavy (non-hydrogen) atoms. The summed E-state index contributed by atoms with van der Waals surface area (Å²) in [4.78, 5) is 13.2. The van der Waals surface area contributed by atoms with Gasteiger partial charge < -0.3 is 10.0 Å². The van der Waals surface area contributed by atoms with Crippen LogP contribution < -0.4 is 4.90 Å². The minimum atomic E-state index is -1.05. The summed E-state index contributed by atoms with van der Waals surface area (Å²) in [6, 6.07) is 7.44. The maximum Gasteiger partial charge on any atom is 0.358 e. The number of aromatic nitrogens is 2. The number of nitrogens with zero attached hydrogens (tertiary/aromatic N) is 3. The van der Waals surface area contributed by atoms with Gasteiger partial charge in [0.25, 0.3) is 0 Å². The lowest BCUT2D eigenvalue weighted by molar-refractivity contribution is 0.0690. The van der Waals surface area contributed by atoms with Gasteiger partial charge in [-0.3, -0.25) is 0 Å². The SMILES string of the molecule is CCCN(C)c1c(C(=O)O)nnc2ccccc12. The molecule has 5 nitrogen and oxygen atoms in total. The van der Waals surface area contributed by atoms with E-state index in [1.165, 1.54) is 0 Å². The summed E-state index contributed by atoms with van der Waals surface area (Å²) in [5.74, 6) is -1.05. The minimum Gasteiger partial charge on any atom is -0.476 e. The molecule has 0 aliphatic carbocycles. The molecule has 0 saturated heterocycles. The molecule has 1 heterocycles. The van der Waals surface area contributed by atoms with Crippen LogP contribution in [0.1, 0.15) is 23.8 Å². The van der Waals surface area contributed by atoms with Gasteiger partial charge in [0.1, 0.15) is 0 Å². The number of carbonyl (C=O) groups is 1. The largest absolute Gasteiger partial charge is 0.476 e. The van der Waals surface area contributed by atoms with E-state index in [1.54, 1.807) is 0 Å². The van der Waals surface area contributed by atoms with Crippen LogP contribution in [-0.4, -0.2) is 34.9 Å². The zero-order valence-electron chi connectivity index (χ0n) is 10.4. The van der Waals surface area contributed by atoms with Crippen molar-refractivity contribution < 1.29 is 9.90 Å². The number of carboxylic acid groups (broad SMARTS) is 1. The fraction of sp³-hybridized carbons (Fsp3) is 0.308. The number of hydrogen-bond acceptors (Lipinski definition) is 4. The summed E-state index contributed by atoms with van der Waals surface area (Å²) in [5.41, 5.74) is 1.35. The van der Waals surface area contributed by atoms with Crippen molar-refractivity contribution in [3.05, 3.63) is 30.0 Å². The monoisotopic (exact) mass is 245 g/mol. The van der Waals surface area contributed by atoms with E-state index >= 15 is 0 Å². The Hall–Kier alpha value is -2.17. The van der Waals surface area contributed by atoms with Crippen molar-refractivity contribution in [2.24, 2.45) is 0 Å². The zero-order valence-corrected chi connectivity index (χ0v) is 10.4. The van der Waals surface area contributed by atoms with E-state index in [4.69, 9.17) is 0 Å². The Morgan fingerprint density at radius 2 is 2.06 bits per heavy atom. The summed E-state index contributed by atoms with van der Waals surface area (Å²) in [6.07, 6.45) is 0.937. The average molecular weight is 245 g/mol. The second-order valence-corrected chi connectivity index (χ2v) is 4.14. The van der Waals surface area contributed by atoms with Gasteiger partial charge in [0.05, 0.1) is 11.2 Å². The molecule has 0 bridgehead atoms. The molecule has 5 heteroatoms. The summed E-state index contributed by atoms with van der Waals surface area (Å²) >= 11 is 0. The normalized spacial score (nSPS) is 10.6. The number of benzene rings is 1. The van der Waals surface area contributed by atoms with Crippen LogP contribution in [0.4, 0.5) is 5.69 Å². The molecule has 0 saturated carbocycles. The molecule has 0 amide bonds. The summed E-state index contributed by atoms with van der Waals surface area (Å²) in [6.45, 7) is 2.82. The number of carboxylic acids is 1. The first-order valence-electron chi connectivity index (χ1n) is 5.85. The summed E-state index contributed by atoms with van der Waals surface area (Å²) in [5, 5.41) is 17.8. The molecular weight excluding hydrogens is 230 g/mol. The maximum atomic E-state index is 11.2. The molecular formula is C13H15N3O2. The van der Waals surface area contributed by atoms with Gasteiger partial charge in [0.2, 0.25) is 0 Å². The molecule has 0 fully saturated rings. The van der Waals surface area contributed by atoms with E-state index in [-0.39, 0.29) is 5.69 Å². The summed E-state index contributed by atoms with van der Waals surface area (Å²) < 4.78 is 0. The lowest BCUT2D eigenvalue weighted by atomic mass is 10.1. The Morgan fingerprint density at radius 1 is 1.33 bits per heavy atom. The second-order valence-electron chi connectivity index (χ2n) is 4.14. The van der Waals surface area contributed by atoms with Crippen LogP contribution in [0.2, 0.25) is 0 Å². The van der Waals surface area contributed by atoms with Gasteiger partial charge in [-0.1, -0.05) is 25.1 Å². The van der Waals surface area contributed by atoms with Crippen molar-refractivity contribution >= 4 is 22.6 Å². The van der Waals surface area contributed by atoms with E-state index in [1.807, 2.05) is 43.1 Å². The van der Waals surface area contributed by atoms with Crippen LogP contribution in [0.5, 0.6) is 0 Å². The quantitative estimate of drug-likeness (QED) is 0.894. The molecule has 0 unspecified atom stereocenters. The van der Waals surface area contributed by atoms with Gasteiger partial charge in [0.15, 0.2) is 5.69 Å². The number of fused-ring (bicyclic) bond motifs is 1. The first kappa shape index (κ1) is 12.3. The Morgan fingerprint density at radius 3 is 2.72 bits per heavy atom. The van der Waals surface area contributed by atoms with E-state index in [2.05, 4.69) is 10.2 Å². The van der Waals surface area contributed by atoms with E-state index in [0.717, 1.165) is 18.4 Å². The van der Waals surface area contributed by atoms with Gasteiger partial charge in [-0.05, 0) is 12.5 Å². The minimum absolute atomic E-state index is 0.00431. The highest BCUT2D eigenvalue weighted by Crippen LogP contribution is 2.27. The first-order chi connectivity index (χ1) is 8.65. The predicted octanol–water partition coefficient (Wildman–Crippen LogP) is 2.17. The van der Waals surface area contributed by atoms with Crippen molar-refractivity contribution in [3.8, 4) is 0 Å². The van der Waals surface area contributed by atoms with E-state index < -0.39 is 5.97 Å². The first-order valence-corrected chi connectivity index (χ1v) is 5.85. The highest BCUT2D eigenvalue weighted by molar-refractivity contribution is 6.02. The standard InChI is InChI=1S/C13H15N3O2/c1-3-8-16(2)12-9-6-4-5-7-10(9)14-15-11(12)13(17)18/h4-7H,3,8H2,1-2H3,(H,17,18). The number of anilines is 1. The Kier molecular flexibility index (Phi) is 3.41. The molecule has 0 aliphatic heterocycles. The third-order valence-electron chi connectivity index (χ3n) is 2.78. The fourth-order valence-electron chi connectivity index (χ4n) is 2.02. The molecule has 2 aromatic rings. The third-order valence-corrected chi connectivity index (χ3v) is 2.78. The Bertz CT molecular complexity index is 583. The Balaban J connectivity index is 2.70. The van der Waals surface area contributed by atoms with E-state index in [0.29, 0.717) is 11.2 Å². The lowest BCUT2D eigenvalue weighted by Gasteiger charge is -2.21. The number of rotatable bonds is 4. The Labute approximate surface area is 105 Å². The van der Waals surface area contributed by atoms with Crippen LogP contribution in [0.15, 0.2) is 24.3 Å².